The molecule has 0 radical (unpaired) electrons. The molecule has 2 aromatic rings. The number of thioether (sulfide) groups is 1. The van der Waals surface area contributed by atoms with E-state index in [0.29, 0.717) is 35.5 Å². The van der Waals surface area contributed by atoms with Gasteiger partial charge in [-0.1, -0.05) is 66.2 Å². The summed E-state index contributed by atoms with van der Waals surface area (Å²) in [5.74, 6) is -2.44. The number of nitrogens with zero attached hydrogens (tertiary/aromatic N) is 2. The van der Waals surface area contributed by atoms with Crippen molar-refractivity contribution < 1.29 is 24.2 Å². The number of aliphatic hydroxyl groups excluding tert-OH is 1. The van der Waals surface area contributed by atoms with Gasteiger partial charge in [-0.2, -0.15) is 0 Å². The lowest BCUT2D eigenvalue weighted by Gasteiger charge is -2.39. The van der Waals surface area contributed by atoms with Crippen LogP contribution in [0.25, 0.3) is 0 Å². The molecule has 2 unspecified atom stereocenters. The molecule has 210 valence electrons. The zero-order valence-electron chi connectivity index (χ0n) is 22.2. The summed E-state index contributed by atoms with van der Waals surface area (Å²) in [5, 5.41) is 10.9. The van der Waals surface area contributed by atoms with Gasteiger partial charge in [0.15, 0.2) is 0 Å². The first-order valence-electron chi connectivity index (χ1n) is 13.5. The molecule has 1 N–H and O–H groups in total. The summed E-state index contributed by atoms with van der Waals surface area (Å²) in [5.41, 5.74) is 1.23. The number of likely N-dealkylation sites (tertiary alicyclic amines) is 1. The van der Waals surface area contributed by atoms with E-state index in [9.17, 15) is 19.5 Å². The molecule has 0 aliphatic carbocycles. The number of carbonyl (C=O) groups excluding carboxylic acids is 3. The second-order valence-electron chi connectivity index (χ2n) is 10.3. The highest BCUT2D eigenvalue weighted by Gasteiger charge is 2.75. The molecule has 0 saturated carbocycles. The van der Waals surface area contributed by atoms with E-state index in [2.05, 4.69) is 13.2 Å². The van der Waals surface area contributed by atoms with Crippen molar-refractivity contribution in [3.8, 4) is 0 Å². The van der Waals surface area contributed by atoms with Crippen molar-refractivity contribution in [2.45, 2.75) is 41.3 Å². The average molecular weight is 581 g/mol. The van der Waals surface area contributed by atoms with E-state index in [1.54, 1.807) is 53.1 Å². The SMILES string of the molecule is C=CCCOC(=O)[C@@H]1[C@@H]2CCC3(S2)C(C(=O)N(CC=C)c2ccccc2Cl)N([C@H](CO)c2ccccc2)C(=O)[C@H]13. The molecule has 2 bridgehead atoms. The van der Waals surface area contributed by atoms with Gasteiger partial charge in [0.25, 0.3) is 5.91 Å². The Balaban J connectivity index is 1.62. The summed E-state index contributed by atoms with van der Waals surface area (Å²) in [7, 11) is 0. The normalized spacial score (nSPS) is 27.2. The highest BCUT2D eigenvalue weighted by atomic mass is 35.5. The number of benzene rings is 2. The van der Waals surface area contributed by atoms with Crippen LogP contribution in [-0.2, 0) is 19.1 Å². The Labute approximate surface area is 243 Å². The molecule has 40 heavy (non-hydrogen) atoms. The molecule has 3 saturated heterocycles. The van der Waals surface area contributed by atoms with E-state index in [4.69, 9.17) is 16.3 Å². The number of hydrogen-bond donors (Lipinski definition) is 1. The van der Waals surface area contributed by atoms with Crippen LogP contribution in [-0.4, -0.2) is 63.6 Å². The second kappa shape index (κ2) is 11.8. The number of fused-ring (bicyclic) bond motifs is 1. The number of halogens is 1. The topological polar surface area (TPSA) is 87.2 Å². The van der Waals surface area contributed by atoms with E-state index in [-0.39, 0.29) is 36.8 Å². The summed E-state index contributed by atoms with van der Waals surface area (Å²) in [6, 6.07) is 14.6. The van der Waals surface area contributed by atoms with Gasteiger partial charge >= 0.3 is 5.97 Å². The number of ether oxygens (including phenoxy) is 1. The highest BCUT2D eigenvalue weighted by molar-refractivity contribution is 8.02. The minimum absolute atomic E-state index is 0.125. The first-order chi connectivity index (χ1) is 19.4. The van der Waals surface area contributed by atoms with Crippen LogP contribution in [0.2, 0.25) is 5.02 Å². The molecular weight excluding hydrogens is 548 g/mol. The van der Waals surface area contributed by atoms with Gasteiger partial charge in [-0.25, -0.2) is 0 Å². The lowest BCUT2D eigenvalue weighted by Crippen LogP contribution is -2.56. The minimum Gasteiger partial charge on any atom is -0.465 e. The number of amides is 2. The van der Waals surface area contributed by atoms with Crippen molar-refractivity contribution in [3.63, 3.8) is 0 Å². The van der Waals surface area contributed by atoms with Crippen molar-refractivity contribution >= 4 is 46.8 Å². The average Bonchev–Trinajstić information content (AvgIpc) is 3.61. The number of rotatable bonds is 11. The smallest absolute Gasteiger partial charge is 0.310 e. The second-order valence-corrected chi connectivity index (χ2v) is 12.4. The Morgan fingerprint density at radius 3 is 2.58 bits per heavy atom. The number of hydrogen-bond acceptors (Lipinski definition) is 6. The number of anilines is 1. The quantitative estimate of drug-likeness (QED) is 0.233. The van der Waals surface area contributed by atoms with Crippen molar-refractivity contribution in [1.29, 1.82) is 0 Å². The van der Waals surface area contributed by atoms with Gasteiger partial charge in [-0.3, -0.25) is 14.4 Å². The summed E-state index contributed by atoms with van der Waals surface area (Å²) in [4.78, 5) is 45.6. The van der Waals surface area contributed by atoms with Gasteiger partial charge in [0.2, 0.25) is 5.91 Å². The fourth-order valence-corrected chi connectivity index (χ4v) is 9.02. The maximum absolute atomic E-state index is 14.7. The predicted molar refractivity (Wildman–Crippen MR) is 157 cm³/mol. The van der Waals surface area contributed by atoms with Crippen molar-refractivity contribution in [1.82, 2.24) is 4.90 Å². The summed E-state index contributed by atoms with van der Waals surface area (Å²) in [6.07, 6.45) is 5.10. The molecule has 9 heteroatoms. The van der Waals surface area contributed by atoms with Gasteiger partial charge < -0.3 is 19.6 Å². The molecule has 5 rings (SSSR count). The maximum atomic E-state index is 14.7. The number of para-hydroxylation sites is 1. The van der Waals surface area contributed by atoms with Crippen LogP contribution >= 0.6 is 23.4 Å². The minimum atomic E-state index is -0.931. The fourth-order valence-electron chi connectivity index (χ4n) is 6.60. The van der Waals surface area contributed by atoms with E-state index in [1.165, 1.54) is 4.90 Å². The van der Waals surface area contributed by atoms with Crippen LogP contribution in [0.15, 0.2) is 79.9 Å². The molecule has 3 fully saturated rings. The van der Waals surface area contributed by atoms with Crippen LogP contribution < -0.4 is 4.90 Å². The lowest BCUT2D eigenvalue weighted by molar-refractivity contribution is -0.154. The Hall–Kier alpha value is -3.07. The van der Waals surface area contributed by atoms with Crippen LogP contribution in [0, 0.1) is 11.8 Å². The summed E-state index contributed by atoms with van der Waals surface area (Å²) < 4.78 is 4.73. The summed E-state index contributed by atoms with van der Waals surface area (Å²) >= 11 is 8.10. The van der Waals surface area contributed by atoms with E-state index in [0.717, 1.165) is 0 Å². The number of carbonyl (C=O) groups is 3. The molecule has 2 aromatic carbocycles. The van der Waals surface area contributed by atoms with Crippen molar-refractivity contribution in [3.05, 3.63) is 90.5 Å². The molecule has 1 spiro atoms. The molecule has 6 atom stereocenters. The first kappa shape index (κ1) is 28.5. The van der Waals surface area contributed by atoms with Crippen LogP contribution in [0.4, 0.5) is 5.69 Å². The Morgan fingerprint density at radius 2 is 1.90 bits per heavy atom. The monoisotopic (exact) mass is 580 g/mol. The lowest BCUT2D eigenvalue weighted by atomic mass is 9.71. The number of esters is 1. The van der Waals surface area contributed by atoms with Crippen LogP contribution in [0.3, 0.4) is 0 Å². The van der Waals surface area contributed by atoms with Crippen molar-refractivity contribution in [2.24, 2.45) is 11.8 Å². The third kappa shape index (κ3) is 4.66. The predicted octanol–water partition coefficient (Wildman–Crippen LogP) is 4.80. The van der Waals surface area contributed by atoms with Crippen LogP contribution in [0.5, 0.6) is 0 Å². The Morgan fingerprint density at radius 1 is 1.18 bits per heavy atom. The molecule has 3 aliphatic heterocycles. The first-order valence-corrected chi connectivity index (χ1v) is 14.8. The van der Waals surface area contributed by atoms with Gasteiger partial charge in [0, 0.05) is 11.8 Å². The van der Waals surface area contributed by atoms with E-state index in [1.807, 2.05) is 30.3 Å². The largest absolute Gasteiger partial charge is 0.465 e. The van der Waals surface area contributed by atoms with Gasteiger partial charge in [-0.05, 0) is 37.0 Å². The summed E-state index contributed by atoms with van der Waals surface area (Å²) in [6.45, 7) is 7.52. The Kier molecular flexibility index (Phi) is 8.40. The molecule has 3 aliphatic rings. The third-order valence-electron chi connectivity index (χ3n) is 8.22. The Bertz CT molecular complexity index is 1310. The molecule has 0 aromatic heterocycles. The van der Waals surface area contributed by atoms with Gasteiger partial charge in [0.05, 0.1) is 46.5 Å². The molecule has 7 nitrogen and oxygen atoms in total. The fraction of sp³-hybridized carbons (Fsp3) is 0.387. The zero-order chi connectivity index (χ0) is 28.4. The van der Waals surface area contributed by atoms with Gasteiger partial charge in [0.1, 0.15) is 6.04 Å². The van der Waals surface area contributed by atoms with E-state index >= 15 is 0 Å². The highest BCUT2D eigenvalue weighted by Crippen LogP contribution is 2.67. The standard InChI is InChI=1S/C31H33ClN2O5S/c1-3-5-18-39-30(38)25-24-15-16-31(40-24)26(25)28(36)34(23(19-35)20-11-7-6-8-12-20)27(31)29(37)33(17-4-2)22-14-10-9-13-21(22)32/h3-4,6-14,23-27,35H,1-2,5,15-19H2/t23-,24+,25-,26+,27?,31?/m1/s1. The third-order valence-corrected chi connectivity index (χ3v) is 10.5. The van der Waals surface area contributed by atoms with E-state index < -0.39 is 34.6 Å². The molecule has 2 amide bonds. The zero-order valence-corrected chi connectivity index (χ0v) is 23.7. The molecule has 3 heterocycles. The van der Waals surface area contributed by atoms with Crippen LogP contribution in [0.1, 0.15) is 30.9 Å². The maximum Gasteiger partial charge on any atom is 0.310 e. The van der Waals surface area contributed by atoms with Gasteiger partial charge in [-0.15, -0.1) is 24.9 Å². The van der Waals surface area contributed by atoms with Crippen molar-refractivity contribution in [2.75, 3.05) is 24.7 Å². The number of aliphatic hydroxyl groups is 1. The molecular formula is C31H33ClN2O5S.